The fourth-order valence-corrected chi connectivity index (χ4v) is 10.2. The van der Waals surface area contributed by atoms with Gasteiger partial charge in [0.05, 0.1) is 42.2 Å². The third-order valence-corrected chi connectivity index (χ3v) is 14.3. The Labute approximate surface area is 431 Å². The number of methoxy groups -OCH3 is 1. The molecular formula is C51H62F3N11O10. The van der Waals surface area contributed by atoms with Gasteiger partial charge in [0.2, 0.25) is 23.7 Å². The quantitative estimate of drug-likeness (QED) is 0.0748. The van der Waals surface area contributed by atoms with Crippen molar-refractivity contribution < 1.29 is 61.0 Å². The average Bonchev–Trinajstić information content (AvgIpc) is 4.01. The molecule has 0 bridgehead atoms. The molecule has 3 fully saturated rings. The van der Waals surface area contributed by atoms with Gasteiger partial charge < -0.3 is 45.4 Å². The number of hydrogen-bond acceptors (Lipinski definition) is 15. The maximum atomic E-state index is 15.6. The first-order valence-electron chi connectivity index (χ1n) is 25.5. The van der Waals surface area contributed by atoms with Crippen molar-refractivity contribution in [1.29, 1.82) is 0 Å². The number of nitrogens with one attached hydrogen (secondary N) is 5. The number of halogens is 3. The van der Waals surface area contributed by atoms with Crippen molar-refractivity contribution >= 4 is 70.4 Å². The molecule has 402 valence electrons. The summed E-state index contributed by atoms with van der Waals surface area (Å²) in [6.07, 6.45) is 10.0. The van der Waals surface area contributed by atoms with Gasteiger partial charge in [-0.3, -0.25) is 48.6 Å². The maximum Gasteiger partial charge on any atom is 0.342 e. The summed E-state index contributed by atoms with van der Waals surface area (Å²) in [7, 11) is 2.61. The fourth-order valence-electron chi connectivity index (χ4n) is 10.2. The third kappa shape index (κ3) is 12.6. The van der Waals surface area contributed by atoms with E-state index in [2.05, 4.69) is 41.5 Å². The summed E-state index contributed by atoms with van der Waals surface area (Å²) in [6.45, 7) is 1.53. The average molecular weight is 1050 g/mol. The minimum Gasteiger partial charge on any atom is -0.495 e. The summed E-state index contributed by atoms with van der Waals surface area (Å²) in [5.41, 5.74) is 0.0155. The highest BCUT2D eigenvalue weighted by atomic mass is 19.3. The van der Waals surface area contributed by atoms with Gasteiger partial charge in [0.1, 0.15) is 29.0 Å². The van der Waals surface area contributed by atoms with Crippen LogP contribution in [0.5, 0.6) is 11.5 Å². The summed E-state index contributed by atoms with van der Waals surface area (Å²) >= 11 is 0. The molecule has 21 nitrogen and oxygen atoms in total. The Hall–Kier alpha value is -7.37. The van der Waals surface area contributed by atoms with E-state index in [1.54, 1.807) is 0 Å². The Morgan fingerprint density at radius 3 is 2.29 bits per heavy atom. The molecular weight excluding hydrogens is 984 g/mol. The van der Waals surface area contributed by atoms with Crippen LogP contribution in [-0.4, -0.2) is 151 Å². The van der Waals surface area contributed by atoms with Gasteiger partial charge in [-0.05, 0) is 63.1 Å². The molecule has 5 N–H and O–H groups in total. The van der Waals surface area contributed by atoms with E-state index in [4.69, 9.17) is 9.47 Å². The largest absolute Gasteiger partial charge is 0.495 e. The molecule has 1 aliphatic carbocycles. The zero-order chi connectivity index (χ0) is 53.4. The molecule has 24 heteroatoms. The van der Waals surface area contributed by atoms with Crippen LogP contribution >= 0.6 is 0 Å². The first-order chi connectivity index (χ1) is 36.0. The van der Waals surface area contributed by atoms with E-state index < -0.39 is 65.7 Å². The molecule has 1 unspecified atom stereocenters. The summed E-state index contributed by atoms with van der Waals surface area (Å²) in [4.78, 5) is 115. The number of ether oxygens (including phenoxy) is 2. The van der Waals surface area contributed by atoms with Crippen LogP contribution in [0.1, 0.15) is 121 Å². The van der Waals surface area contributed by atoms with Gasteiger partial charge in [0, 0.05) is 70.8 Å². The maximum absolute atomic E-state index is 15.6. The summed E-state index contributed by atoms with van der Waals surface area (Å²) in [5, 5.41) is 13.7. The van der Waals surface area contributed by atoms with Crippen molar-refractivity contribution in [3.8, 4) is 11.5 Å². The van der Waals surface area contributed by atoms with Crippen molar-refractivity contribution in [2.75, 3.05) is 75.1 Å². The van der Waals surface area contributed by atoms with Gasteiger partial charge in [0.25, 0.3) is 29.5 Å². The van der Waals surface area contributed by atoms with Crippen LogP contribution in [0.4, 0.5) is 36.3 Å². The molecule has 3 aromatic rings. The van der Waals surface area contributed by atoms with E-state index in [1.807, 2.05) is 0 Å². The highest BCUT2D eigenvalue weighted by Gasteiger charge is 2.49. The molecule has 8 amide bonds. The monoisotopic (exact) mass is 1050 g/mol. The van der Waals surface area contributed by atoms with Crippen LogP contribution in [0.2, 0.25) is 0 Å². The zero-order valence-corrected chi connectivity index (χ0v) is 41.9. The lowest BCUT2D eigenvalue weighted by atomic mass is 10.0. The van der Waals surface area contributed by atoms with E-state index in [9.17, 15) is 38.4 Å². The predicted octanol–water partition coefficient (Wildman–Crippen LogP) is 3.98. The lowest BCUT2D eigenvalue weighted by molar-refractivity contribution is -0.140. The highest BCUT2D eigenvalue weighted by Crippen LogP contribution is 2.41. The van der Waals surface area contributed by atoms with Crippen LogP contribution in [0.15, 0.2) is 36.5 Å². The highest BCUT2D eigenvalue weighted by molar-refractivity contribution is 6.24. The number of imide groups is 2. The number of carbonyl (C=O) groups excluding carboxylic acids is 8. The number of alkyl halides is 2. The second-order valence-corrected chi connectivity index (χ2v) is 19.4. The van der Waals surface area contributed by atoms with Gasteiger partial charge in [-0.1, -0.05) is 38.2 Å². The zero-order valence-electron chi connectivity index (χ0n) is 41.9. The molecule has 0 radical (unpaired) electrons. The van der Waals surface area contributed by atoms with E-state index >= 15 is 13.2 Å². The molecule has 0 spiro atoms. The Morgan fingerprint density at radius 2 is 1.59 bits per heavy atom. The van der Waals surface area contributed by atoms with E-state index in [0.717, 1.165) is 60.8 Å². The normalized spacial score (nSPS) is 19.1. The molecule has 4 aliphatic heterocycles. The van der Waals surface area contributed by atoms with Crippen molar-refractivity contribution in [2.45, 2.75) is 114 Å². The van der Waals surface area contributed by atoms with Gasteiger partial charge in [-0.15, -0.1) is 0 Å². The lowest BCUT2D eigenvalue weighted by Gasteiger charge is -2.32. The Bertz CT molecular complexity index is 2700. The molecule has 1 atom stereocenters. The van der Waals surface area contributed by atoms with Crippen molar-refractivity contribution in [3.05, 3.63) is 59.0 Å². The molecule has 5 heterocycles. The predicted molar refractivity (Wildman–Crippen MR) is 265 cm³/mol. The van der Waals surface area contributed by atoms with Crippen LogP contribution < -0.4 is 45.9 Å². The van der Waals surface area contributed by atoms with Crippen LogP contribution in [0.25, 0.3) is 0 Å². The number of fused-ring (bicyclic) bond motifs is 2. The molecule has 2 aromatic carbocycles. The number of benzene rings is 2. The van der Waals surface area contributed by atoms with Gasteiger partial charge in [-0.2, -0.15) is 13.8 Å². The molecule has 1 saturated carbocycles. The molecule has 2 saturated heterocycles. The van der Waals surface area contributed by atoms with Crippen LogP contribution in [-0.2, 0) is 24.0 Å². The van der Waals surface area contributed by atoms with E-state index in [-0.39, 0.29) is 88.8 Å². The fraction of sp³-hybridized carbons (Fsp3) is 0.529. The Kier molecular flexibility index (Phi) is 17.2. The number of hydrogen-bond donors (Lipinski definition) is 5. The first-order valence-corrected chi connectivity index (χ1v) is 25.5. The standard InChI is InChI=1S/C51H62F3N11O10/c1-62-37-27-57-50(61-44(37)64(31-11-6-7-12-31)29-51(53,54)49(62)73)59-35-26-34(52)33(25-39(35)74-2)45(69)58-30-17-22-63(23-18-30)24-19-40(66)55-20-8-4-3-5-9-21-56-42(68)28-75-38-14-10-13-32-43(38)48(72)65(47(32)71)36-15-16-41(67)60-46(36)70/h10,13-14,25-27,30-31,36H,3-9,11-12,15-24,28-29H2,1-2H3,(H,55,66)(H,56,68)(H,58,69)(H,57,59,61)(H,60,67,70). The second kappa shape index (κ2) is 23.9. The number of unbranched alkanes of at least 4 members (excludes halogenated alkanes) is 4. The summed E-state index contributed by atoms with van der Waals surface area (Å²) in [6, 6.07) is 5.20. The molecule has 75 heavy (non-hydrogen) atoms. The molecule has 5 aliphatic rings. The number of rotatable bonds is 21. The number of carbonyl (C=O) groups is 8. The van der Waals surface area contributed by atoms with Crippen molar-refractivity contribution in [2.24, 2.45) is 0 Å². The number of nitrogens with zero attached hydrogens (tertiary/aromatic N) is 6. The minimum atomic E-state index is -3.65. The van der Waals surface area contributed by atoms with Gasteiger partial charge >= 0.3 is 5.92 Å². The number of piperidine rings is 2. The minimum absolute atomic E-state index is 0.00308. The van der Waals surface area contributed by atoms with Crippen LogP contribution in [0.3, 0.4) is 0 Å². The summed E-state index contributed by atoms with van der Waals surface area (Å²) < 4.78 is 56.9. The number of anilines is 4. The van der Waals surface area contributed by atoms with Gasteiger partial charge in [-0.25, -0.2) is 9.37 Å². The second-order valence-electron chi connectivity index (χ2n) is 19.4. The Balaban J connectivity index is 0.688. The smallest absolute Gasteiger partial charge is 0.342 e. The van der Waals surface area contributed by atoms with Gasteiger partial charge in [0.15, 0.2) is 12.4 Å². The van der Waals surface area contributed by atoms with Crippen molar-refractivity contribution in [1.82, 2.24) is 41.0 Å². The number of amides is 8. The first kappa shape index (κ1) is 53.9. The molecule has 8 rings (SSSR count). The number of aromatic nitrogens is 2. The van der Waals surface area contributed by atoms with E-state index in [0.29, 0.717) is 64.8 Å². The Morgan fingerprint density at radius 1 is 0.880 bits per heavy atom. The van der Waals surface area contributed by atoms with E-state index in [1.165, 1.54) is 49.5 Å². The topological polar surface area (TPSA) is 254 Å². The number of likely N-dealkylation sites (tertiary alicyclic amines) is 1. The van der Waals surface area contributed by atoms with Crippen LogP contribution in [0, 0.1) is 5.82 Å². The third-order valence-electron chi connectivity index (χ3n) is 14.3. The molecule has 1 aromatic heterocycles. The summed E-state index contributed by atoms with van der Waals surface area (Å²) in [5.74, 6) is -9.23. The lowest BCUT2D eigenvalue weighted by Crippen LogP contribution is -2.54. The SMILES string of the molecule is COc1cc(C(=O)NC2CCN(CCC(=O)NCCCCCCCNC(=O)COc3cccc4c3C(=O)N(C3CCC(=O)NC3=O)C4=O)CC2)c(F)cc1Nc1ncc2c(n1)N(C1CCCC1)CC(F)(F)C(=O)N2C. The van der Waals surface area contributed by atoms with Crippen molar-refractivity contribution in [3.63, 3.8) is 0 Å².